The summed E-state index contributed by atoms with van der Waals surface area (Å²) < 4.78 is 26.4. The maximum atomic E-state index is 12.2. The molecular weight excluding hydrogens is 282 g/mol. The monoisotopic (exact) mass is 301 g/mol. The van der Waals surface area contributed by atoms with Crippen LogP contribution in [0.25, 0.3) is 0 Å². The number of alkyl halides is 1. The summed E-state index contributed by atoms with van der Waals surface area (Å²) in [4.78, 5) is 0. The van der Waals surface area contributed by atoms with Crippen LogP contribution in [0.15, 0.2) is 30.3 Å². The number of halogens is 1. The van der Waals surface area contributed by atoms with Crippen LogP contribution >= 0.6 is 11.6 Å². The molecule has 0 bridgehead atoms. The molecule has 1 N–H and O–H groups in total. The first-order valence-corrected chi connectivity index (χ1v) is 8.63. The molecule has 5 heteroatoms. The van der Waals surface area contributed by atoms with E-state index in [1.807, 2.05) is 25.1 Å². The first-order chi connectivity index (χ1) is 8.99. The molecule has 2 rings (SSSR count). The van der Waals surface area contributed by atoms with Crippen LogP contribution in [0.3, 0.4) is 0 Å². The molecule has 1 saturated carbocycles. The zero-order valence-electron chi connectivity index (χ0n) is 11.1. The third-order valence-electron chi connectivity index (χ3n) is 3.69. The Morgan fingerprint density at radius 2 is 1.95 bits per heavy atom. The van der Waals surface area contributed by atoms with E-state index in [9.17, 15) is 8.42 Å². The maximum Gasteiger partial charge on any atom is 0.218 e. The molecule has 1 fully saturated rings. The number of sulfonamides is 1. The molecule has 0 heterocycles. The predicted molar refractivity (Wildman–Crippen MR) is 79.0 cm³/mol. The summed E-state index contributed by atoms with van der Waals surface area (Å²) >= 11 is 5.78. The van der Waals surface area contributed by atoms with Crippen LogP contribution in [-0.2, 0) is 16.4 Å². The maximum absolute atomic E-state index is 12.2. The van der Waals surface area contributed by atoms with E-state index in [0.29, 0.717) is 12.8 Å². The zero-order valence-corrected chi connectivity index (χ0v) is 12.7. The Labute approximate surface area is 120 Å². The number of rotatable bonds is 7. The van der Waals surface area contributed by atoms with E-state index in [-0.39, 0.29) is 11.9 Å². The topological polar surface area (TPSA) is 46.2 Å². The van der Waals surface area contributed by atoms with Crippen LogP contribution in [0.5, 0.6) is 0 Å². The molecule has 1 atom stereocenters. The fraction of sp³-hybridized carbons (Fsp3) is 0.571. The summed E-state index contributed by atoms with van der Waals surface area (Å²) in [5.41, 5.74) is 1.23. The first kappa shape index (κ1) is 14.8. The highest BCUT2D eigenvalue weighted by Crippen LogP contribution is 2.44. The number of hydrogen-bond donors (Lipinski definition) is 1. The number of nitrogens with one attached hydrogen (secondary N) is 1. The zero-order chi connectivity index (χ0) is 13.9. The van der Waals surface area contributed by atoms with Gasteiger partial charge < -0.3 is 0 Å². The molecule has 3 nitrogen and oxygen atoms in total. The molecule has 1 aromatic rings. The first-order valence-electron chi connectivity index (χ1n) is 6.61. The Bertz CT molecular complexity index is 512. The van der Waals surface area contributed by atoms with Gasteiger partial charge >= 0.3 is 0 Å². The second kappa shape index (κ2) is 5.81. The van der Waals surface area contributed by atoms with Crippen LogP contribution in [0, 0.1) is 0 Å². The summed E-state index contributed by atoms with van der Waals surface area (Å²) in [6, 6.07) is 10.0. The van der Waals surface area contributed by atoms with E-state index >= 15 is 0 Å². The van der Waals surface area contributed by atoms with Crippen LogP contribution in [0.1, 0.15) is 31.7 Å². The van der Waals surface area contributed by atoms with Crippen molar-refractivity contribution in [2.45, 2.75) is 43.4 Å². The van der Waals surface area contributed by atoms with E-state index in [1.165, 1.54) is 5.56 Å². The molecule has 1 aromatic carbocycles. The third-order valence-corrected chi connectivity index (χ3v) is 6.76. The van der Waals surface area contributed by atoms with Crippen molar-refractivity contribution in [3.8, 4) is 0 Å². The van der Waals surface area contributed by atoms with Gasteiger partial charge in [0.15, 0.2) is 0 Å². The summed E-state index contributed by atoms with van der Waals surface area (Å²) in [7, 11) is -3.28. The van der Waals surface area contributed by atoms with Crippen LogP contribution < -0.4 is 4.72 Å². The van der Waals surface area contributed by atoms with Gasteiger partial charge in [-0.3, -0.25) is 0 Å². The van der Waals surface area contributed by atoms with Gasteiger partial charge in [0.25, 0.3) is 0 Å². The Kier molecular flexibility index (Phi) is 4.54. The fourth-order valence-corrected chi connectivity index (χ4v) is 4.47. The molecule has 0 radical (unpaired) electrons. The van der Waals surface area contributed by atoms with E-state index in [1.54, 1.807) is 0 Å². The van der Waals surface area contributed by atoms with Gasteiger partial charge in [-0.1, -0.05) is 30.3 Å². The Morgan fingerprint density at radius 1 is 1.32 bits per heavy atom. The molecule has 0 amide bonds. The van der Waals surface area contributed by atoms with Gasteiger partial charge in [0.2, 0.25) is 10.0 Å². The van der Waals surface area contributed by atoms with Gasteiger partial charge in [-0.15, -0.1) is 11.6 Å². The number of hydrogen-bond acceptors (Lipinski definition) is 2. The van der Waals surface area contributed by atoms with Crippen LogP contribution in [0.2, 0.25) is 0 Å². The quantitative estimate of drug-likeness (QED) is 0.787. The average molecular weight is 302 g/mol. The normalized spacial score (nSPS) is 19.1. The molecule has 1 unspecified atom stereocenters. The van der Waals surface area contributed by atoms with Gasteiger partial charge in [0, 0.05) is 11.9 Å². The van der Waals surface area contributed by atoms with Crippen molar-refractivity contribution in [3.05, 3.63) is 35.9 Å². The highest BCUT2D eigenvalue weighted by Gasteiger charge is 2.54. The summed E-state index contributed by atoms with van der Waals surface area (Å²) in [6.45, 7) is 1.91. The molecule has 1 aliphatic carbocycles. The summed E-state index contributed by atoms with van der Waals surface area (Å²) in [5, 5.41) is 0. The van der Waals surface area contributed by atoms with E-state index in [2.05, 4.69) is 16.9 Å². The average Bonchev–Trinajstić information content (AvgIpc) is 3.18. The SMILES string of the molecule is CC(CCc1ccccc1)NS(=O)(=O)C1(CCl)CC1. The standard InChI is InChI=1S/C14H20ClNO2S/c1-12(7-8-13-5-3-2-4-6-13)16-19(17,18)14(11-15)9-10-14/h2-6,12,16H,7-11H2,1H3. The minimum atomic E-state index is -3.28. The fourth-order valence-electron chi connectivity index (χ4n) is 2.09. The highest BCUT2D eigenvalue weighted by atomic mass is 35.5. The molecule has 1 aliphatic rings. The van der Waals surface area contributed by atoms with Gasteiger partial charge in [-0.2, -0.15) is 0 Å². The molecule has 106 valence electrons. The molecule has 0 spiro atoms. The Morgan fingerprint density at radius 3 is 2.47 bits per heavy atom. The van der Waals surface area contributed by atoms with E-state index < -0.39 is 14.8 Å². The summed E-state index contributed by atoms with van der Waals surface area (Å²) in [6.07, 6.45) is 3.02. The van der Waals surface area contributed by atoms with Crippen molar-refractivity contribution in [1.29, 1.82) is 0 Å². The minimum absolute atomic E-state index is 0.0640. The predicted octanol–water partition coefficient (Wildman–Crippen LogP) is 2.70. The van der Waals surface area contributed by atoms with Crippen molar-refractivity contribution in [2.75, 3.05) is 5.88 Å². The number of benzene rings is 1. The van der Waals surface area contributed by atoms with Gasteiger partial charge in [-0.05, 0) is 38.2 Å². The minimum Gasteiger partial charge on any atom is -0.212 e. The second-order valence-electron chi connectivity index (χ2n) is 5.36. The smallest absolute Gasteiger partial charge is 0.212 e. The highest BCUT2D eigenvalue weighted by molar-refractivity contribution is 7.91. The van der Waals surface area contributed by atoms with Crippen molar-refractivity contribution in [1.82, 2.24) is 4.72 Å². The van der Waals surface area contributed by atoms with Gasteiger partial charge in [0.05, 0.1) is 4.75 Å². The van der Waals surface area contributed by atoms with E-state index in [4.69, 9.17) is 11.6 Å². The third kappa shape index (κ3) is 3.50. The lowest BCUT2D eigenvalue weighted by atomic mass is 10.1. The lowest BCUT2D eigenvalue weighted by Gasteiger charge is -2.19. The van der Waals surface area contributed by atoms with Crippen molar-refractivity contribution in [3.63, 3.8) is 0 Å². The summed E-state index contributed by atoms with van der Waals surface area (Å²) in [5.74, 6) is 0.188. The Balaban J connectivity index is 1.86. The van der Waals surface area contributed by atoms with Crippen LogP contribution in [0.4, 0.5) is 0 Å². The lowest BCUT2D eigenvalue weighted by molar-refractivity contribution is 0.535. The van der Waals surface area contributed by atoms with Gasteiger partial charge in [0.1, 0.15) is 0 Å². The second-order valence-corrected chi connectivity index (χ2v) is 7.74. The van der Waals surface area contributed by atoms with E-state index in [0.717, 1.165) is 12.8 Å². The van der Waals surface area contributed by atoms with Crippen molar-refractivity contribution >= 4 is 21.6 Å². The molecule has 0 aromatic heterocycles. The largest absolute Gasteiger partial charge is 0.218 e. The van der Waals surface area contributed by atoms with Crippen molar-refractivity contribution < 1.29 is 8.42 Å². The van der Waals surface area contributed by atoms with Crippen LogP contribution in [-0.4, -0.2) is 25.1 Å². The molecule has 0 saturated heterocycles. The van der Waals surface area contributed by atoms with Gasteiger partial charge in [-0.25, -0.2) is 13.1 Å². The number of aryl methyl sites for hydroxylation is 1. The molecular formula is C14H20ClNO2S. The molecule has 19 heavy (non-hydrogen) atoms. The van der Waals surface area contributed by atoms with Crippen molar-refractivity contribution in [2.24, 2.45) is 0 Å². The lowest BCUT2D eigenvalue weighted by Crippen LogP contribution is -2.42. The Hall–Kier alpha value is -0.580. The molecule has 0 aliphatic heterocycles.